The molecule has 0 amide bonds. The Kier molecular flexibility index (Phi) is 2.95. The van der Waals surface area contributed by atoms with Crippen molar-refractivity contribution >= 4 is 42.3 Å². The SMILES string of the molecule is [B]c1cc(N=C=S)cc(C(=O)O)c1. The molecule has 0 saturated carbocycles. The summed E-state index contributed by atoms with van der Waals surface area (Å²) in [5, 5.41) is 10.8. The lowest BCUT2D eigenvalue weighted by atomic mass is 9.94. The molecule has 0 saturated heterocycles. The van der Waals surface area contributed by atoms with E-state index in [1.807, 2.05) is 0 Å². The third kappa shape index (κ3) is 2.51. The van der Waals surface area contributed by atoms with Crippen LogP contribution in [0, 0.1) is 0 Å². The molecule has 1 rings (SSSR count). The Morgan fingerprint density at radius 1 is 1.54 bits per heavy atom. The molecular formula is C8H4BNO2S. The van der Waals surface area contributed by atoms with Gasteiger partial charge >= 0.3 is 5.97 Å². The highest BCUT2D eigenvalue weighted by Crippen LogP contribution is 2.11. The van der Waals surface area contributed by atoms with Gasteiger partial charge in [0.2, 0.25) is 0 Å². The number of thiocarbonyl (C=S) groups is 1. The maximum atomic E-state index is 10.6. The molecule has 0 unspecified atom stereocenters. The number of hydrogen-bond acceptors (Lipinski definition) is 3. The summed E-state index contributed by atoms with van der Waals surface area (Å²) in [6.07, 6.45) is 0. The van der Waals surface area contributed by atoms with E-state index in [1.165, 1.54) is 18.2 Å². The van der Waals surface area contributed by atoms with E-state index >= 15 is 0 Å². The fraction of sp³-hybridized carbons (Fsp3) is 0. The van der Waals surface area contributed by atoms with Crippen molar-refractivity contribution in [2.75, 3.05) is 0 Å². The third-order valence-corrected chi connectivity index (χ3v) is 1.45. The molecule has 13 heavy (non-hydrogen) atoms. The first-order chi connectivity index (χ1) is 6.13. The molecule has 0 bridgehead atoms. The first-order valence-corrected chi connectivity index (χ1v) is 3.76. The topological polar surface area (TPSA) is 49.7 Å². The average molecular weight is 189 g/mol. The van der Waals surface area contributed by atoms with E-state index in [1.54, 1.807) is 0 Å². The molecule has 1 aromatic carbocycles. The Morgan fingerprint density at radius 3 is 2.77 bits per heavy atom. The highest BCUT2D eigenvalue weighted by atomic mass is 32.1. The maximum Gasteiger partial charge on any atom is 0.335 e. The molecule has 1 N–H and O–H groups in total. The van der Waals surface area contributed by atoms with Gasteiger partial charge in [-0.05, 0) is 24.4 Å². The van der Waals surface area contributed by atoms with Crippen molar-refractivity contribution in [1.82, 2.24) is 0 Å². The van der Waals surface area contributed by atoms with Crippen LogP contribution < -0.4 is 5.46 Å². The van der Waals surface area contributed by atoms with Crippen LogP contribution in [0.15, 0.2) is 23.2 Å². The zero-order valence-electron chi connectivity index (χ0n) is 6.52. The van der Waals surface area contributed by atoms with E-state index in [2.05, 4.69) is 22.4 Å². The van der Waals surface area contributed by atoms with Crippen LogP contribution in [0.2, 0.25) is 0 Å². The predicted octanol–water partition coefficient (Wildman–Crippen LogP) is 0.913. The van der Waals surface area contributed by atoms with Gasteiger partial charge < -0.3 is 5.11 Å². The maximum absolute atomic E-state index is 10.6. The number of isothiocyanates is 1. The number of carboxylic acid groups (broad SMARTS) is 1. The van der Waals surface area contributed by atoms with Crippen LogP contribution in [0.5, 0.6) is 0 Å². The van der Waals surface area contributed by atoms with Gasteiger partial charge in [0, 0.05) is 0 Å². The summed E-state index contributed by atoms with van der Waals surface area (Å²) in [5.74, 6) is -1.05. The Balaban J connectivity index is 3.26. The van der Waals surface area contributed by atoms with E-state index in [-0.39, 0.29) is 5.56 Å². The van der Waals surface area contributed by atoms with Gasteiger partial charge in [0.05, 0.1) is 16.4 Å². The monoisotopic (exact) mass is 189 g/mol. The van der Waals surface area contributed by atoms with E-state index in [9.17, 15) is 4.79 Å². The quantitative estimate of drug-likeness (QED) is 0.427. The summed E-state index contributed by atoms with van der Waals surface area (Å²) in [6, 6.07) is 4.24. The van der Waals surface area contributed by atoms with Crippen LogP contribution in [-0.2, 0) is 0 Å². The number of nitrogens with zero attached hydrogens (tertiary/aromatic N) is 1. The molecule has 1 aromatic rings. The van der Waals surface area contributed by atoms with Crippen LogP contribution in [0.1, 0.15) is 10.4 Å². The molecule has 0 aliphatic heterocycles. The first-order valence-electron chi connectivity index (χ1n) is 3.35. The van der Waals surface area contributed by atoms with Crippen molar-refractivity contribution in [3.05, 3.63) is 23.8 Å². The molecule has 0 aliphatic carbocycles. The van der Waals surface area contributed by atoms with Gasteiger partial charge in [-0.2, -0.15) is 4.99 Å². The Morgan fingerprint density at radius 2 is 2.23 bits per heavy atom. The van der Waals surface area contributed by atoms with Crippen LogP contribution >= 0.6 is 12.2 Å². The zero-order valence-corrected chi connectivity index (χ0v) is 7.34. The summed E-state index contributed by atoms with van der Waals surface area (Å²) < 4.78 is 0. The number of aromatic carboxylic acids is 1. The van der Waals surface area contributed by atoms with Crippen LogP contribution in [-0.4, -0.2) is 24.1 Å². The zero-order chi connectivity index (χ0) is 9.84. The number of hydrogen-bond donors (Lipinski definition) is 1. The molecular weight excluding hydrogens is 185 g/mol. The minimum absolute atomic E-state index is 0.0870. The van der Waals surface area contributed by atoms with Crippen molar-refractivity contribution in [2.45, 2.75) is 0 Å². The molecule has 0 fully saturated rings. The van der Waals surface area contributed by atoms with E-state index < -0.39 is 5.97 Å². The Hall–Kier alpha value is -1.45. The van der Waals surface area contributed by atoms with Crippen LogP contribution in [0.4, 0.5) is 5.69 Å². The average Bonchev–Trinajstić information content (AvgIpc) is 2.03. The molecule has 0 atom stereocenters. The number of rotatable bonds is 2. The second-order valence-corrected chi connectivity index (χ2v) is 2.50. The van der Waals surface area contributed by atoms with E-state index in [0.717, 1.165) is 0 Å². The Bertz CT molecular complexity index is 379. The highest BCUT2D eigenvalue weighted by Gasteiger charge is 2.03. The lowest BCUT2D eigenvalue weighted by Crippen LogP contribution is -2.06. The summed E-state index contributed by atoms with van der Waals surface area (Å²) in [4.78, 5) is 14.2. The molecule has 0 aliphatic rings. The van der Waals surface area contributed by atoms with Crippen LogP contribution in [0.25, 0.3) is 0 Å². The van der Waals surface area contributed by atoms with Crippen molar-refractivity contribution in [1.29, 1.82) is 0 Å². The smallest absolute Gasteiger partial charge is 0.335 e. The molecule has 0 heterocycles. The van der Waals surface area contributed by atoms with Gasteiger partial charge in [-0.25, -0.2) is 4.79 Å². The largest absolute Gasteiger partial charge is 0.478 e. The fourth-order valence-corrected chi connectivity index (χ4v) is 0.981. The fourth-order valence-electron chi connectivity index (χ4n) is 0.875. The van der Waals surface area contributed by atoms with Crippen molar-refractivity contribution in [3.8, 4) is 0 Å². The Labute approximate surface area is 81.5 Å². The summed E-state index contributed by atoms with van der Waals surface area (Å²) in [6.45, 7) is 0. The minimum atomic E-state index is -1.05. The molecule has 2 radical (unpaired) electrons. The van der Waals surface area contributed by atoms with E-state index in [0.29, 0.717) is 11.2 Å². The van der Waals surface area contributed by atoms with Crippen molar-refractivity contribution in [3.63, 3.8) is 0 Å². The standard InChI is InChI=1S/C8H4BNO2S/c9-6-1-5(8(11)12)2-7(3-6)10-4-13/h1-3H,(H,11,12). The normalized spacial score (nSPS) is 8.92. The molecule has 3 nitrogen and oxygen atoms in total. The highest BCUT2D eigenvalue weighted by molar-refractivity contribution is 7.78. The number of carbonyl (C=O) groups is 1. The lowest BCUT2D eigenvalue weighted by molar-refractivity contribution is 0.0697. The first kappa shape index (κ1) is 9.64. The van der Waals surface area contributed by atoms with Gasteiger partial charge in [0.15, 0.2) is 0 Å². The van der Waals surface area contributed by atoms with Gasteiger partial charge in [-0.1, -0.05) is 11.5 Å². The lowest BCUT2D eigenvalue weighted by Gasteiger charge is -1.98. The molecule has 0 spiro atoms. The van der Waals surface area contributed by atoms with Crippen LogP contribution in [0.3, 0.4) is 0 Å². The summed E-state index contributed by atoms with van der Waals surface area (Å²) in [7, 11) is 5.44. The second-order valence-electron chi connectivity index (χ2n) is 2.32. The number of carboxylic acids is 1. The van der Waals surface area contributed by atoms with Crippen molar-refractivity contribution in [2.24, 2.45) is 4.99 Å². The predicted molar refractivity (Wildman–Crippen MR) is 53.5 cm³/mol. The van der Waals surface area contributed by atoms with Crippen molar-refractivity contribution < 1.29 is 9.90 Å². The number of aliphatic imine (C=N–C) groups is 1. The molecule has 0 aromatic heterocycles. The van der Waals surface area contributed by atoms with Gasteiger partial charge in [0.25, 0.3) is 0 Å². The van der Waals surface area contributed by atoms with E-state index in [4.69, 9.17) is 13.0 Å². The molecule has 5 heteroatoms. The van der Waals surface area contributed by atoms with Gasteiger partial charge in [0.1, 0.15) is 7.85 Å². The summed E-state index contributed by atoms with van der Waals surface area (Å²) >= 11 is 4.38. The van der Waals surface area contributed by atoms with Gasteiger partial charge in [-0.3, -0.25) is 0 Å². The second kappa shape index (κ2) is 3.98. The van der Waals surface area contributed by atoms with Gasteiger partial charge in [-0.15, -0.1) is 0 Å². The molecule has 62 valence electrons. The minimum Gasteiger partial charge on any atom is -0.478 e. The number of benzene rings is 1. The third-order valence-electron chi connectivity index (χ3n) is 1.36. The summed E-state index contributed by atoms with van der Waals surface area (Å²) in [5.41, 5.74) is 0.820.